The Morgan fingerprint density at radius 3 is 2.94 bits per heavy atom. The number of carbonyl (C=O) groups is 1. The summed E-state index contributed by atoms with van der Waals surface area (Å²) in [6.45, 7) is 1.78. The number of aromatic nitrogens is 2. The summed E-state index contributed by atoms with van der Waals surface area (Å²) < 4.78 is 6.74. The van der Waals surface area contributed by atoms with E-state index in [1.54, 1.807) is 23.7 Å². The normalized spacial score (nSPS) is 12.9. The predicted molar refractivity (Wildman–Crippen MR) is 62.6 cm³/mol. The first-order valence-electron chi connectivity index (χ1n) is 4.97. The monoisotopic (exact) mass is 254 g/mol. The quantitative estimate of drug-likeness (QED) is 0.913. The van der Waals surface area contributed by atoms with Crippen LogP contribution in [0.3, 0.4) is 0 Å². The van der Waals surface area contributed by atoms with Gasteiger partial charge in [0.1, 0.15) is 0 Å². The minimum absolute atomic E-state index is 0.126. The van der Waals surface area contributed by atoms with Gasteiger partial charge in [-0.1, -0.05) is 11.6 Å². The molecule has 5 nitrogen and oxygen atoms in total. The smallest absolute Gasteiger partial charge is 0.337 e. The van der Waals surface area contributed by atoms with Gasteiger partial charge in [-0.3, -0.25) is 0 Å². The zero-order valence-electron chi connectivity index (χ0n) is 9.35. The molecule has 0 aromatic carbocycles. The summed E-state index contributed by atoms with van der Waals surface area (Å²) in [5.74, 6) is -1.03. The highest BCUT2D eigenvalue weighted by Gasteiger charge is 2.20. The predicted octanol–water partition coefficient (Wildman–Crippen LogP) is 2.39. The summed E-state index contributed by atoms with van der Waals surface area (Å²) in [5, 5.41) is 13.6. The fourth-order valence-corrected chi connectivity index (χ4v) is 1.96. The SMILES string of the molecule is CO[C@@H](C)c1c(C(=O)O)cnn2cc(Cl)cc12. The van der Waals surface area contributed by atoms with Crippen molar-refractivity contribution in [2.24, 2.45) is 0 Å². The van der Waals surface area contributed by atoms with Gasteiger partial charge in [0.25, 0.3) is 0 Å². The van der Waals surface area contributed by atoms with Gasteiger partial charge in [0.15, 0.2) is 0 Å². The van der Waals surface area contributed by atoms with E-state index in [1.807, 2.05) is 0 Å². The Balaban J connectivity index is 2.78. The summed E-state index contributed by atoms with van der Waals surface area (Å²) in [6.07, 6.45) is 2.57. The lowest BCUT2D eigenvalue weighted by Gasteiger charge is -2.14. The molecule has 0 fully saturated rings. The van der Waals surface area contributed by atoms with Crippen LogP contribution in [0.15, 0.2) is 18.5 Å². The molecule has 2 aromatic rings. The van der Waals surface area contributed by atoms with Crippen molar-refractivity contribution in [3.8, 4) is 0 Å². The average Bonchev–Trinajstić information content (AvgIpc) is 2.66. The third-order valence-electron chi connectivity index (χ3n) is 2.63. The number of halogens is 1. The zero-order chi connectivity index (χ0) is 12.6. The average molecular weight is 255 g/mol. The van der Waals surface area contributed by atoms with Gasteiger partial charge in [-0.05, 0) is 13.0 Å². The molecule has 6 heteroatoms. The molecule has 1 N–H and O–H groups in total. The zero-order valence-corrected chi connectivity index (χ0v) is 10.1. The van der Waals surface area contributed by atoms with E-state index in [-0.39, 0.29) is 11.7 Å². The fourth-order valence-electron chi connectivity index (χ4n) is 1.76. The second-order valence-corrected chi connectivity index (χ2v) is 4.08. The van der Waals surface area contributed by atoms with E-state index >= 15 is 0 Å². The van der Waals surface area contributed by atoms with Crippen molar-refractivity contribution < 1.29 is 14.6 Å². The van der Waals surface area contributed by atoms with Gasteiger partial charge in [0, 0.05) is 18.9 Å². The maximum absolute atomic E-state index is 11.2. The number of ether oxygens (including phenoxy) is 1. The molecule has 17 heavy (non-hydrogen) atoms. The molecule has 2 rings (SSSR count). The van der Waals surface area contributed by atoms with Gasteiger partial charge in [-0.2, -0.15) is 5.10 Å². The van der Waals surface area contributed by atoms with Crippen LogP contribution < -0.4 is 0 Å². The van der Waals surface area contributed by atoms with Crippen LogP contribution in [0, 0.1) is 0 Å². The second kappa shape index (κ2) is 4.35. The molecule has 2 heterocycles. The summed E-state index contributed by atoms with van der Waals surface area (Å²) in [7, 11) is 1.53. The molecule has 0 aliphatic heterocycles. The van der Waals surface area contributed by atoms with Crippen molar-refractivity contribution in [2.75, 3.05) is 7.11 Å². The first-order chi connectivity index (χ1) is 8.04. The van der Waals surface area contributed by atoms with E-state index in [9.17, 15) is 4.79 Å². The Labute approximate surface area is 103 Å². The van der Waals surface area contributed by atoms with Crippen LogP contribution in [0.2, 0.25) is 5.02 Å². The molecule has 0 amide bonds. The number of carboxylic acids is 1. The summed E-state index contributed by atoms with van der Waals surface area (Å²) in [4.78, 5) is 11.2. The van der Waals surface area contributed by atoms with Crippen molar-refractivity contribution in [1.82, 2.24) is 9.61 Å². The lowest BCUT2D eigenvalue weighted by atomic mass is 10.1. The minimum atomic E-state index is -1.03. The number of fused-ring (bicyclic) bond motifs is 1. The van der Waals surface area contributed by atoms with E-state index < -0.39 is 5.97 Å². The van der Waals surface area contributed by atoms with Gasteiger partial charge in [-0.15, -0.1) is 0 Å². The number of nitrogens with zero attached hydrogens (tertiary/aromatic N) is 2. The number of methoxy groups -OCH3 is 1. The number of hydrogen-bond donors (Lipinski definition) is 1. The maximum atomic E-state index is 11.2. The summed E-state index contributed by atoms with van der Waals surface area (Å²) in [6, 6.07) is 1.67. The molecule has 0 saturated carbocycles. The molecule has 0 aliphatic carbocycles. The molecule has 0 bridgehead atoms. The van der Waals surface area contributed by atoms with Crippen molar-refractivity contribution in [1.29, 1.82) is 0 Å². The lowest BCUT2D eigenvalue weighted by Crippen LogP contribution is -2.10. The first-order valence-corrected chi connectivity index (χ1v) is 5.35. The van der Waals surface area contributed by atoms with E-state index in [2.05, 4.69) is 5.10 Å². The van der Waals surface area contributed by atoms with Crippen molar-refractivity contribution in [3.05, 3.63) is 34.6 Å². The maximum Gasteiger partial charge on any atom is 0.337 e. The Morgan fingerprint density at radius 1 is 1.65 bits per heavy atom. The molecule has 2 aromatic heterocycles. The molecule has 0 radical (unpaired) electrons. The Bertz CT molecular complexity index is 579. The van der Waals surface area contributed by atoms with E-state index in [1.165, 1.54) is 13.3 Å². The van der Waals surface area contributed by atoms with Crippen molar-refractivity contribution in [2.45, 2.75) is 13.0 Å². The Morgan fingerprint density at radius 2 is 2.35 bits per heavy atom. The highest BCUT2D eigenvalue weighted by Crippen LogP contribution is 2.27. The molecule has 0 aliphatic rings. The molecule has 1 atom stereocenters. The van der Waals surface area contributed by atoms with Crippen molar-refractivity contribution in [3.63, 3.8) is 0 Å². The van der Waals surface area contributed by atoms with Crippen LogP contribution in [-0.4, -0.2) is 27.8 Å². The minimum Gasteiger partial charge on any atom is -0.478 e. The number of hydrogen-bond acceptors (Lipinski definition) is 3. The van der Waals surface area contributed by atoms with Gasteiger partial charge < -0.3 is 9.84 Å². The number of carboxylic acid groups (broad SMARTS) is 1. The van der Waals surface area contributed by atoms with Crippen LogP contribution in [0.25, 0.3) is 5.52 Å². The number of rotatable bonds is 3. The first kappa shape index (κ1) is 11.9. The van der Waals surface area contributed by atoms with Gasteiger partial charge in [-0.25, -0.2) is 9.31 Å². The standard InChI is InChI=1S/C11H11ClN2O3/c1-6(17-2)10-8(11(15)16)4-13-14-5-7(12)3-9(10)14/h3-6H,1-2H3,(H,15,16)/t6-/m0/s1. The van der Waals surface area contributed by atoms with Crippen molar-refractivity contribution >= 4 is 23.1 Å². The second-order valence-electron chi connectivity index (χ2n) is 3.64. The van der Waals surface area contributed by atoms with Gasteiger partial charge >= 0.3 is 5.97 Å². The Kier molecular flexibility index (Phi) is 3.04. The molecule has 0 spiro atoms. The topological polar surface area (TPSA) is 63.8 Å². The lowest BCUT2D eigenvalue weighted by molar-refractivity contribution is 0.0683. The summed E-state index contributed by atoms with van der Waals surface area (Å²) >= 11 is 5.89. The van der Waals surface area contributed by atoms with Crippen LogP contribution in [0.1, 0.15) is 28.9 Å². The molecule has 90 valence electrons. The van der Waals surface area contributed by atoms with Gasteiger partial charge in [0.2, 0.25) is 0 Å². The van der Waals surface area contributed by atoms with E-state index in [4.69, 9.17) is 21.4 Å². The molecular weight excluding hydrogens is 244 g/mol. The third-order valence-corrected chi connectivity index (χ3v) is 2.84. The third kappa shape index (κ3) is 1.99. The largest absolute Gasteiger partial charge is 0.478 e. The van der Waals surface area contributed by atoms with Crippen LogP contribution >= 0.6 is 11.6 Å². The highest BCUT2D eigenvalue weighted by atomic mass is 35.5. The number of aromatic carboxylic acids is 1. The fraction of sp³-hybridized carbons (Fsp3) is 0.273. The highest BCUT2D eigenvalue weighted by molar-refractivity contribution is 6.31. The van der Waals surface area contributed by atoms with Crippen LogP contribution in [0.5, 0.6) is 0 Å². The van der Waals surface area contributed by atoms with Crippen LogP contribution in [0.4, 0.5) is 0 Å². The van der Waals surface area contributed by atoms with E-state index in [0.717, 1.165) is 0 Å². The molecular formula is C11H11ClN2O3. The Hall–Kier alpha value is -1.59. The molecule has 0 unspecified atom stereocenters. The van der Waals surface area contributed by atoms with Crippen LogP contribution in [-0.2, 0) is 4.74 Å². The molecule has 0 saturated heterocycles. The van der Waals surface area contributed by atoms with Gasteiger partial charge in [0.05, 0.1) is 28.4 Å². The van der Waals surface area contributed by atoms with E-state index in [0.29, 0.717) is 16.1 Å². The summed E-state index contributed by atoms with van der Waals surface area (Å²) in [5.41, 5.74) is 1.34.